The van der Waals surface area contributed by atoms with Gasteiger partial charge in [0.25, 0.3) is 0 Å². The van der Waals surface area contributed by atoms with Gasteiger partial charge in [0.2, 0.25) is 5.95 Å². The number of hydrogen-bond acceptors (Lipinski definition) is 5. The second-order valence-corrected chi connectivity index (χ2v) is 6.64. The summed E-state index contributed by atoms with van der Waals surface area (Å²) < 4.78 is 6.24. The molecule has 0 unspecified atom stereocenters. The molecule has 114 valence electrons. The number of hydrogen-bond donors (Lipinski definition) is 0. The standard InChI is InChI=1S/C16H24N4O/c1-2-9-19(8-1)14-4-11-21-16(12-14)5-10-20(13-16)15-17-6-3-7-18-15/h3,6-7,14H,1-2,4-5,8-13H2/t14-,16+/m0/s1. The molecule has 21 heavy (non-hydrogen) atoms. The lowest BCUT2D eigenvalue weighted by Gasteiger charge is -2.41. The zero-order valence-corrected chi connectivity index (χ0v) is 12.6. The number of aromatic nitrogens is 2. The molecular weight excluding hydrogens is 264 g/mol. The number of likely N-dealkylation sites (tertiary alicyclic amines) is 1. The van der Waals surface area contributed by atoms with Gasteiger partial charge in [-0.3, -0.25) is 0 Å². The minimum Gasteiger partial charge on any atom is -0.373 e. The average Bonchev–Trinajstić information content (AvgIpc) is 3.19. The van der Waals surface area contributed by atoms with Gasteiger partial charge in [-0.2, -0.15) is 0 Å². The van der Waals surface area contributed by atoms with E-state index >= 15 is 0 Å². The molecule has 3 saturated heterocycles. The highest BCUT2D eigenvalue weighted by Crippen LogP contribution is 2.37. The molecule has 0 aliphatic carbocycles. The van der Waals surface area contributed by atoms with E-state index in [1.165, 1.54) is 38.8 Å². The summed E-state index contributed by atoms with van der Waals surface area (Å²) in [6.45, 7) is 5.43. The third-order valence-electron chi connectivity index (χ3n) is 5.28. The molecule has 2 atom stereocenters. The summed E-state index contributed by atoms with van der Waals surface area (Å²) in [7, 11) is 0. The van der Waals surface area contributed by atoms with E-state index in [0.29, 0.717) is 0 Å². The highest BCUT2D eigenvalue weighted by atomic mass is 16.5. The highest BCUT2D eigenvalue weighted by molar-refractivity contribution is 5.32. The normalized spacial score (nSPS) is 33.9. The quantitative estimate of drug-likeness (QED) is 0.828. The Kier molecular flexibility index (Phi) is 3.55. The van der Waals surface area contributed by atoms with E-state index < -0.39 is 0 Å². The fourth-order valence-electron chi connectivity index (χ4n) is 4.17. The van der Waals surface area contributed by atoms with Gasteiger partial charge in [-0.1, -0.05) is 0 Å². The summed E-state index contributed by atoms with van der Waals surface area (Å²) >= 11 is 0. The first-order valence-corrected chi connectivity index (χ1v) is 8.25. The van der Waals surface area contributed by atoms with Gasteiger partial charge in [0.15, 0.2) is 0 Å². The van der Waals surface area contributed by atoms with Crippen LogP contribution in [0.2, 0.25) is 0 Å². The Hall–Kier alpha value is -1.20. The molecule has 1 aromatic heterocycles. The summed E-state index contributed by atoms with van der Waals surface area (Å²) in [5.74, 6) is 0.848. The summed E-state index contributed by atoms with van der Waals surface area (Å²) in [4.78, 5) is 13.7. The van der Waals surface area contributed by atoms with Crippen LogP contribution in [0.25, 0.3) is 0 Å². The maximum absolute atomic E-state index is 6.24. The van der Waals surface area contributed by atoms with Crippen LogP contribution >= 0.6 is 0 Å². The van der Waals surface area contributed by atoms with E-state index in [1.54, 1.807) is 0 Å². The first-order valence-electron chi connectivity index (χ1n) is 8.25. The molecule has 3 aliphatic heterocycles. The number of anilines is 1. The molecule has 3 aliphatic rings. The maximum atomic E-state index is 6.24. The fraction of sp³-hybridized carbons (Fsp3) is 0.750. The molecule has 0 radical (unpaired) electrons. The molecule has 3 fully saturated rings. The van der Waals surface area contributed by atoms with E-state index in [1.807, 2.05) is 18.5 Å². The molecule has 0 amide bonds. The number of ether oxygens (including phenoxy) is 1. The van der Waals surface area contributed by atoms with E-state index in [-0.39, 0.29) is 5.60 Å². The Bertz CT molecular complexity index is 476. The van der Waals surface area contributed by atoms with Gasteiger partial charge < -0.3 is 14.5 Å². The van der Waals surface area contributed by atoms with E-state index in [4.69, 9.17) is 4.74 Å². The Morgan fingerprint density at radius 2 is 1.95 bits per heavy atom. The molecule has 0 bridgehead atoms. The van der Waals surface area contributed by atoms with Crippen molar-refractivity contribution in [2.24, 2.45) is 0 Å². The second kappa shape index (κ2) is 5.54. The van der Waals surface area contributed by atoms with Crippen molar-refractivity contribution in [1.29, 1.82) is 0 Å². The molecule has 1 aromatic rings. The van der Waals surface area contributed by atoms with E-state index in [9.17, 15) is 0 Å². The predicted octanol–water partition coefficient (Wildman–Crippen LogP) is 1.70. The highest BCUT2D eigenvalue weighted by Gasteiger charge is 2.45. The van der Waals surface area contributed by atoms with Gasteiger partial charge in [0.1, 0.15) is 0 Å². The lowest BCUT2D eigenvalue weighted by Crippen LogP contribution is -2.49. The summed E-state index contributed by atoms with van der Waals surface area (Å²) in [6.07, 6.45) is 9.86. The smallest absolute Gasteiger partial charge is 0.225 e. The van der Waals surface area contributed by atoms with E-state index in [0.717, 1.165) is 38.1 Å². The lowest BCUT2D eigenvalue weighted by atomic mass is 9.89. The van der Waals surface area contributed by atoms with Crippen LogP contribution in [0.1, 0.15) is 32.1 Å². The van der Waals surface area contributed by atoms with Crippen molar-refractivity contribution >= 4 is 5.95 Å². The van der Waals surface area contributed by atoms with Gasteiger partial charge >= 0.3 is 0 Å². The van der Waals surface area contributed by atoms with Crippen LogP contribution in [0.15, 0.2) is 18.5 Å². The number of rotatable bonds is 2. The Balaban J connectivity index is 1.45. The monoisotopic (exact) mass is 288 g/mol. The van der Waals surface area contributed by atoms with Crippen molar-refractivity contribution in [1.82, 2.24) is 14.9 Å². The minimum atomic E-state index is 0.0324. The third kappa shape index (κ3) is 2.64. The largest absolute Gasteiger partial charge is 0.373 e. The Labute approximate surface area is 126 Å². The molecule has 0 aromatic carbocycles. The SMILES string of the molecule is c1cnc(N2CC[C@@]3(C[C@@H](N4CCCC4)CCO3)C2)nc1. The minimum absolute atomic E-state index is 0.0324. The summed E-state index contributed by atoms with van der Waals surface area (Å²) in [6, 6.07) is 2.59. The molecule has 0 saturated carbocycles. The third-order valence-corrected chi connectivity index (χ3v) is 5.28. The molecule has 0 N–H and O–H groups in total. The molecule has 1 spiro atoms. The summed E-state index contributed by atoms with van der Waals surface area (Å²) in [5.41, 5.74) is 0.0324. The predicted molar refractivity (Wildman–Crippen MR) is 81.4 cm³/mol. The van der Waals surface area contributed by atoms with Crippen molar-refractivity contribution < 1.29 is 4.74 Å². The first-order chi connectivity index (χ1) is 10.3. The van der Waals surface area contributed by atoms with Gasteiger partial charge in [0, 0.05) is 38.1 Å². The summed E-state index contributed by atoms with van der Waals surface area (Å²) in [5, 5.41) is 0. The van der Waals surface area contributed by atoms with Gasteiger partial charge in [-0.05, 0) is 51.3 Å². The van der Waals surface area contributed by atoms with Gasteiger partial charge in [-0.25, -0.2) is 9.97 Å². The topological polar surface area (TPSA) is 41.5 Å². The van der Waals surface area contributed by atoms with Crippen LogP contribution in [0, 0.1) is 0 Å². The van der Waals surface area contributed by atoms with Crippen LogP contribution in [-0.2, 0) is 4.74 Å². The average molecular weight is 288 g/mol. The Morgan fingerprint density at radius 3 is 2.76 bits per heavy atom. The molecule has 4 heterocycles. The number of nitrogens with zero attached hydrogens (tertiary/aromatic N) is 4. The molecular formula is C16H24N4O. The maximum Gasteiger partial charge on any atom is 0.225 e. The van der Waals surface area contributed by atoms with Crippen LogP contribution in [0.4, 0.5) is 5.95 Å². The van der Waals surface area contributed by atoms with Crippen LogP contribution in [-0.4, -0.2) is 59.3 Å². The van der Waals surface area contributed by atoms with Crippen molar-refractivity contribution in [3.63, 3.8) is 0 Å². The first kappa shape index (κ1) is 13.5. The molecule has 5 heteroatoms. The zero-order valence-electron chi connectivity index (χ0n) is 12.6. The van der Waals surface area contributed by atoms with Gasteiger partial charge in [-0.15, -0.1) is 0 Å². The fourth-order valence-corrected chi connectivity index (χ4v) is 4.17. The van der Waals surface area contributed by atoms with Crippen LogP contribution in [0.3, 0.4) is 0 Å². The molecule has 5 nitrogen and oxygen atoms in total. The van der Waals surface area contributed by atoms with E-state index in [2.05, 4.69) is 19.8 Å². The van der Waals surface area contributed by atoms with Crippen molar-refractivity contribution in [3.8, 4) is 0 Å². The van der Waals surface area contributed by atoms with Crippen molar-refractivity contribution in [3.05, 3.63) is 18.5 Å². The lowest BCUT2D eigenvalue weighted by molar-refractivity contribution is -0.0897. The Morgan fingerprint density at radius 1 is 1.14 bits per heavy atom. The van der Waals surface area contributed by atoms with Gasteiger partial charge in [0.05, 0.1) is 5.60 Å². The second-order valence-electron chi connectivity index (χ2n) is 6.64. The van der Waals surface area contributed by atoms with Crippen LogP contribution < -0.4 is 4.90 Å². The van der Waals surface area contributed by atoms with Crippen LogP contribution in [0.5, 0.6) is 0 Å². The van der Waals surface area contributed by atoms with Crippen molar-refractivity contribution in [2.75, 3.05) is 37.7 Å². The van der Waals surface area contributed by atoms with Crippen molar-refractivity contribution in [2.45, 2.75) is 43.7 Å². The zero-order chi connectivity index (χ0) is 14.1. The molecule has 4 rings (SSSR count).